The van der Waals surface area contributed by atoms with E-state index in [0.717, 1.165) is 67.8 Å². The Labute approximate surface area is 204 Å². The van der Waals surface area contributed by atoms with Crippen LogP contribution in [0.4, 0.5) is 17.6 Å². The van der Waals surface area contributed by atoms with Gasteiger partial charge in [-0.15, -0.1) is 0 Å². The van der Waals surface area contributed by atoms with Crippen LogP contribution in [0.2, 0.25) is 0 Å². The van der Waals surface area contributed by atoms with Gasteiger partial charge in [-0.2, -0.15) is 4.98 Å². The average molecular weight is 481 g/mol. The summed E-state index contributed by atoms with van der Waals surface area (Å²) in [4.78, 5) is 16.5. The second kappa shape index (κ2) is 9.99. The van der Waals surface area contributed by atoms with E-state index in [1.165, 1.54) is 0 Å². The second-order valence-corrected chi connectivity index (χ2v) is 8.85. The van der Waals surface area contributed by atoms with E-state index in [1.807, 2.05) is 22.9 Å². The van der Waals surface area contributed by atoms with E-state index >= 15 is 0 Å². The number of imidazole rings is 1. The van der Waals surface area contributed by atoms with Crippen molar-refractivity contribution in [2.24, 2.45) is 0 Å². The van der Waals surface area contributed by atoms with E-state index in [-0.39, 0.29) is 12.6 Å². The number of aromatic nitrogens is 4. The van der Waals surface area contributed by atoms with Crippen LogP contribution in [0.25, 0.3) is 5.69 Å². The fourth-order valence-corrected chi connectivity index (χ4v) is 4.97. The molecule has 1 aliphatic carbocycles. The van der Waals surface area contributed by atoms with Crippen molar-refractivity contribution in [1.29, 1.82) is 0 Å². The van der Waals surface area contributed by atoms with Gasteiger partial charge in [-0.1, -0.05) is 0 Å². The standard InChI is InChI=1S/C25H32N6O4/c1-33-20-11-17(12-21(34-2)23(20)35-3)30-13-22(26-15-30)28-24-18-8-4-5-9-19(18)27-25(29-24)31-10-6-7-16(31)14-32/h11-13,15-16,32H,4-10,14H2,1-3H3,(H,27,28,29)/t16-/m0/s1. The zero-order valence-corrected chi connectivity index (χ0v) is 20.5. The molecule has 3 aromatic rings. The number of nitrogens with one attached hydrogen (secondary N) is 1. The number of hydrogen-bond acceptors (Lipinski definition) is 9. The number of hydrogen-bond donors (Lipinski definition) is 2. The molecular weight excluding hydrogens is 448 g/mol. The minimum Gasteiger partial charge on any atom is -0.493 e. The van der Waals surface area contributed by atoms with Gasteiger partial charge in [-0.3, -0.25) is 0 Å². The van der Waals surface area contributed by atoms with Crippen molar-refractivity contribution >= 4 is 17.6 Å². The largest absolute Gasteiger partial charge is 0.493 e. The fourth-order valence-electron chi connectivity index (χ4n) is 4.97. The monoisotopic (exact) mass is 480 g/mol. The molecular formula is C25H32N6O4. The third-order valence-electron chi connectivity index (χ3n) is 6.79. The first-order valence-corrected chi connectivity index (χ1v) is 12.0. The van der Waals surface area contributed by atoms with Crippen molar-refractivity contribution in [3.63, 3.8) is 0 Å². The topological polar surface area (TPSA) is 107 Å². The molecule has 35 heavy (non-hydrogen) atoms. The number of aliphatic hydroxyl groups excluding tert-OH is 1. The number of fused-ring (bicyclic) bond motifs is 1. The van der Waals surface area contributed by atoms with Crippen LogP contribution in [0.1, 0.15) is 36.9 Å². The van der Waals surface area contributed by atoms with Gasteiger partial charge in [0.15, 0.2) is 11.5 Å². The Bertz CT molecular complexity index is 1170. The average Bonchev–Trinajstić information content (AvgIpc) is 3.57. The summed E-state index contributed by atoms with van der Waals surface area (Å²) in [5.74, 6) is 3.85. The second-order valence-electron chi connectivity index (χ2n) is 8.85. The summed E-state index contributed by atoms with van der Waals surface area (Å²) < 4.78 is 18.3. The number of anilines is 3. The van der Waals surface area contributed by atoms with E-state index in [9.17, 15) is 5.11 Å². The molecule has 10 nitrogen and oxygen atoms in total. The van der Waals surface area contributed by atoms with E-state index in [0.29, 0.717) is 29.0 Å². The van der Waals surface area contributed by atoms with Gasteiger partial charge in [0, 0.05) is 24.2 Å². The molecule has 0 spiro atoms. The summed E-state index contributed by atoms with van der Waals surface area (Å²) in [7, 11) is 4.78. The van der Waals surface area contributed by atoms with Gasteiger partial charge in [-0.25, -0.2) is 9.97 Å². The smallest absolute Gasteiger partial charge is 0.227 e. The molecule has 2 N–H and O–H groups in total. The fraction of sp³-hybridized carbons (Fsp3) is 0.480. The first-order chi connectivity index (χ1) is 17.1. The number of rotatable bonds is 8. The highest BCUT2D eigenvalue weighted by Gasteiger charge is 2.28. The summed E-state index contributed by atoms with van der Waals surface area (Å²) >= 11 is 0. The van der Waals surface area contributed by atoms with Crippen molar-refractivity contribution in [2.45, 2.75) is 44.6 Å². The summed E-state index contributed by atoms with van der Waals surface area (Å²) in [6, 6.07) is 3.82. The van der Waals surface area contributed by atoms with Gasteiger partial charge < -0.3 is 34.1 Å². The lowest BCUT2D eigenvalue weighted by Crippen LogP contribution is -2.34. The number of benzene rings is 1. The molecule has 10 heteroatoms. The molecule has 5 rings (SSSR count). The molecule has 1 saturated heterocycles. The molecule has 0 bridgehead atoms. The Kier molecular flexibility index (Phi) is 6.63. The van der Waals surface area contributed by atoms with Gasteiger partial charge in [0.25, 0.3) is 0 Å². The van der Waals surface area contributed by atoms with Crippen LogP contribution in [0.15, 0.2) is 24.7 Å². The molecule has 186 valence electrons. The molecule has 1 aromatic carbocycles. The quantitative estimate of drug-likeness (QED) is 0.502. The molecule has 0 saturated carbocycles. The Morgan fingerprint density at radius 2 is 1.80 bits per heavy atom. The van der Waals surface area contributed by atoms with Gasteiger partial charge in [0.2, 0.25) is 11.7 Å². The van der Waals surface area contributed by atoms with Crippen LogP contribution in [-0.4, -0.2) is 65.1 Å². The lowest BCUT2D eigenvalue weighted by molar-refractivity contribution is 0.265. The van der Waals surface area contributed by atoms with Gasteiger partial charge in [0.05, 0.1) is 51.6 Å². The van der Waals surface area contributed by atoms with E-state index in [2.05, 4.69) is 15.2 Å². The van der Waals surface area contributed by atoms with E-state index < -0.39 is 0 Å². The molecule has 0 radical (unpaired) electrons. The normalized spacial score (nSPS) is 17.3. The maximum absolute atomic E-state index is 9.81. The molecule has 0 amide bonds. The van der Waals surface area contributed by atoms with Crippen LogP contribution in [0, 0.1) is 0 Å². The highest BCUT2D eigenvalue weighted by Crippen LogP contribution is 2.39. The lowest BCUT2D eigenvalue weighted by Gasteiger charge is -2.26. The lowest BCUT2D eigenvalue weighted by atomic mass is 9.96. The zero-order valence-electron chi connectivity index (χ0n) is 20.5. The summed E-state index contributed by atoms with van der Waals surface area (Å²) in [6.07, 6.45) is 9.76. The molecule has 1 fully saturated rings. The maximum Gasteiger partial charge on any atom is 0.227 e. The highest BCUT2D eigenvalue weighted by atomic mass is 16.5. The van der Waals surface area contributed by atoms with Crippen LogP contribution in [0.3, 0.4) is 0 Å². The summed E-state index contributed by atoms with van der Waals surface area (Å²) in [6.45, 7) is 0.974. The van der Waals surface area contributed by atoms with Crippen molar-refractivity contribution in [3.05, 3.63) is 35.9 Å². The Morgan fingerprint density at radius 1 is 1.03 bits per heavy atom. The van der Waals surface area contributed by atoms with Gasteiger partial charge >= 0.3 is 0 Å². The molecule has 2 aromatic heterocycles. The number of ether oxygens (including phenoxy) is 3. The van der Waals surface area contributed by atoms with Crippen LogP contribution < -0.4 is 24.4 Å². The Balaban J connectivity index is 1.47. The van der Waals surface area contributed by atoms with Crippen LogP contribution in [-0.2, 0) is 12.8 Å². The third kappa shape index (κ3) is 4.45. The first-order valence-electron chi connectivity index (χ1n) is 12.0. The summed E-state index contributed by atoms with van der Waals surface area (Å²) in [5.41, 5.74) is 3.08. The molecule has 1 aliphatic heterocycles. The number of aliphatic hydroxyl groups is 1. The minimum atomic E-state index is 0.0729. The zero-order chi connectivity index (χ0) is 24.4. The van der Waals surface area contributed by atoms with Crippen LogP contribution in [0.5, 0.6) is 17.2 Å². The number of nitrogens with zero attached hydrogens (tertiary/aromatic N) is 5. The summed E-state index contributed by atoms with van der Waals surface area (Å²) in [5, 5.41) is 13.2. The first kappa shape index (κ1) is 23.2. The van der Waals surface area contributed by atoms with Crippen molar-refractivity contribution in [3.8, 4) is 22.9 Å². The SMILES string of the molecule is COc1cc(-n2cnc(Nc3nc(N4CCC[C@H]4CO)nc4c3CCCC4)c2)cc(OC)c1OC. The predicted octanol–water partition coefficient (Wildman–Crippen LogP) is 3.27. The molecule has 0 unspecified atom stereocenters. The molecule has 1 atom stereocenters. The van der Waals surface area contributed by atoms with Crippen molar-refractivity contribution in [2.75, 3.05) is 44.7 Å². The number of aryl methyl sites for hydroxylation is 1. The van der Waals surface area contributed by atoms with E-state index in [4.69, 9.17) is 24.2 Å². The van der Waals surface area contributed by atoms with Gasteiger partial charge in [-0.05, 0) is 38.5 Å². The minimum absolute atomic E-state index is 0.0729. The van der Waals surface area contributed by atoms with Crippen molar-refractivity contribution < 1.29 is 19.3 Å². The maximum atomic E-state index is 9.81. The highest BCUT2D eigenvalue weighted by molar-refractivity contribution is 5.62. The molecule has 3 heterocycles. The molecule has 2 aliphatic rings. The third-order valence-corrected chi connectivity index (χ3v) is 6.79. The van der Waals surface area contributed by atoms with Crippen molar-refractivity contribution in [1.82, 2.24) is 19.5 Å². The van der Waals surface area contributed by atoms with E-state index in [1.54, 1.807) is 27.7 Å². The van der Waals surface area contributed by atoms with Crippen LogP contribution >= 0.6 is 0 Å². The van der Waals surface area contributed by atoms with Gasteiger partial charge in [0.1, 0.15) is 18.0 Å². The Morgan fingerprint density at radius 3 is 2.51 bits per heavy atom. The number of methoxy groups -OCH3 is 3. The Hall–Kier alpha value is -3.53. The predicted molar refractivity (Wildman–Crippen MR) is 133 cm³/mol.